The van der Waals surface area contributed by atoms with E-state index in [9.17, 15) is 4.79 Å². The van der Waals surface area contributed by atoms with Crippen LogP contribution in [0.4, 0.5) is 0 Å². The summed E-state index contributed by atoms with van der Waals surface area (Å²) in [6.45, 7) is 0.484. The van der Waals surface area contributed by atoms with E-state index < -0.39 is 0 Å². The summed E-state index contributed by atoms with van der Waals surface area (Å²) in [5, 5.41) is 6.65. The van der Waals surface area contributed by atoms with E-state index in [1.807, 2.05) is 29.0 Å². The summed E-state index contributed by atoms with van der Waals surface area (Å²) >= 11 is 1.52. The van der Waals surface area contributed by atoms with Crippen molar-refractivity contribution in [1.29, 1.82) is 0 Å². The summed E-state index contributed by atoms with van der Waals surface area (Å²) < 4.78 is 5.87. The first-order chi connectivity index (χ1) is 10.3. The number of pyridine rings is 1. The number of nitrogens with one attached hydrogen (secondary N) is 1. The van der Waals surface area contributed by atoms with Crippen molar-refractivity contribution in [2.45, 2.75) is 38.3 Å². The Hall–Kier alpha value is -1.88. The highest BCUT2D eigenvalue weighted by atomic mass is 32.1. The van der Waals surface area contributed by atoms with Gasteiger partial charge in [-0.25, -0.2) is 4.98 Å². The minimum absolute atomic E-state index is 0.0497. The Bertz CT molecular complexity index is 592. The van der Waals surface area contributed by atoms with Crippen LogP contribution < -0.4 is 10.1 Å². The van der Waals surface area contributed by atoms with Gasteiger partial charge in [0.15, 0.2) is 0 Å². The highest BCUT2D eigenvalue weighted by Gasteiger charge is 2.17. The fourth-order valence-electron chi connectivity index (χ4n) is 2.48. The Labute approximate surface area is 128 Å². The van der Waals surface area contributed by atoms with Crippen molar-refractivity contribution < 1.29 is 9.53 Å². The van der Waals surface area contributed by atoms with Crippen LogP contribution in [0.25, 0.3) is 0 Å². The predicted molar refractivity (Wildman–Crippen MR) is 82.6 cm³/mol. The van der Waals surface area contributed by atoms with Gasteiger partial charge < -0.3 is 10.1 Å². The van der Waals surface area contributed by atoms with Gasteiger partial charge in [0, 0.05) is 29.8 Å². The molecule has 2 aromatic heterocycles. The molecular formula is C16H18N2O2S. The van der Waals surface area contributed by atoms with E-state index in [-0.39, 0.29) is 5.91 Å². The average molecular weight is 302 g/mol. The summed E-state index contributed by atoms with van der Waals surface area (Å²) in [5.74, 6) is 0.607. The maximum Gasteiger partial charge on any atom is 0.252 e. The van der Waals surface area contributed by atoms with Crippen molar-refractivity contribution in [3.8, 4) is 5.88 Å². The largest absolute Gasteiger partial charge is 0.474 e. The van der Waals surface area contributed by atoms with Crippen molar-refractivity contribution in [1.82, 2.24) is 10.3 Å². The number of ether oxygens (including phenoxy) is 1. The SMILES string of the molecule is O=C(NCc1ccnc(OC2CCCC2)c1)c1ccsc1. The number of nitrogens with zero attached hydrogens (tertiary/aromatic N) is 1. The molecule has 1 fully saturated rings. The first-order valence-corrected chi connectivity index (χ1v) is 8.17. The van der Waals surface area contributed by atoms with Crippen molar-refractivity contribution in [3.05, 3.63) is 46.3 Å². The van der Waals surface area contributed by atoms with E-state index in [4.69, 9.17) is 4.74 Å². The number of carbonyl (C=O) groups excluding carboxylic acids is 1. The molecule has 110 valence electrons. The summed E-state index contributed by atoms with van der Waals surface area (Å²) in [5.41, 5.74) is 1.71. The smallest absolute Gasteiger partial charge is 0.252 e. The van der Waals surface area contributed by atoms with Crippen LogP contribution in [0, 0.1) is 0 Å². The lowest BCUT2D eigenvalue weighted by molar-refractivity contribution is 0.0951. The zero-order valence-corrected chi connectivity index (χ0v) is 12.6. The summed E-state index contributed by atoms with van der Waals surface area (Å²) in [7, 11) is 0. The molecule has 2 heterocycles. The molecule has 4 nitrogen and oxygen atoms in total. The maximum absolute atomic E-state index is 11.9. The van der Waals surface area contributed by atoms with Crippen LogP contribution in [-0.2, 0) is 6.54 Å². The summed E-state index contributed by atoms with van der Waals surface area (Å²) in [4.78, 5) is 16.1. The van der Waals surface area contributed by atoms with Gasteiger partial charge in [-0.1, -0.05) is 0 Å². The van der Waals surface area contributed by atoms with E-state index >= 15 is 0 Å². The first kappa shape index (κ1) is 14.1. The highest BCUT2D eigenvalue weighted by molar-refractivity contribution is 7.08. The van der Waals surface area contributed by atoms with Gasteiger partial charge in [-0.3, -0.25) is 4.79 Å². The fraction of sp³-hybridized carbons (Fsp3) is 0.375. The lowest BCUT2D eigenvalue weighted by Gasteiger charge is -2.12. The monoisotopic (exact) mass is 302 g/mol. The van der Waals surface area contributed by atoms with Gasteiger partial charge in [0.05, 0.1) is 0 Å². The Morgan fingerprint density at radius 2 is 2.24 bits per heavy atom. The van der Waals surface area contributed by atoms with Crippen molar-refractivity contribution in [3.63, 3.8) is 0 Å². The second kappa shape index (κ2) is 6.72. The molecule has 1 saturated carbocycles. The third-order valence-corrected chi connectivity index (χ3v) is 4.31. The van der Waals surface area contributed by atoms with Gasteiger partial charge in [-0.2, -0.15) is 11.3 Å². The van der Waals surface area contributed by atoms with Crippen LogP contribution in [0.15, 0.2) is 35.2 Å². The Morgan fingerprint density at radius 3 is 3.00 bits per heavy atom. The molecule has 21 heavy (non-hydrogen) atoms. The summed E-state index contributed by atoms with van der Waals surface area (Å²) in [6.07, 6.45) is 6.73. The number of rotatable bonds is 5. The van der Waals surface area contributed by atoms with E-state index in [0.717, 1.165) is 18.4 Å². The van der Waals surface area contributed by atoms with Crippen molar-refractivity contribution in [2.75, 3.05) is 0 Å². The normalized spacial score (nSPS) is 15.0. The molecule has 0 aliphatic heterocycles. The van der Waals surface area contributed by atoms with Crippen LogP contribution in [0.1, 0.15) is 41.6 Å². The van der Waals surface area contributed by atoms with E-state index in [2.05, 4.69) is 10.3 Å². The second-order valence-corrected chi connectivity index (χ2v) is 6.00. The van der Waals surface area contributed by atoms with Gasteiger partial charge in [0.2, 0.25) is 5.88 Å². The van der Waals surface area contributed by atoms with Crippen LogP contribution in [0.2, 0.25) is 0 Å². The molecule has 3 rings (SSSR count). The van der Waals surface area contributed by atoms with Gasteiger partial charge in [-0.05, 0) is 48.8 Å². The van der Waals surface area contributed by atoms with Gasteiger partial charge in [-0.15, -0.1) is 0 Å². The van der Waals surface area contributed by atoms with Crippen molar-refractivity contribution >= 4 is 17.2 Å². The maximum atomic E-state index is 11.9. The third kappa shape index (κ3) is 3.82. The quantitative estimate of drug-likeness (QED) is 0.921. The van der Waals surface area contributed by atoms with E-state index in [1.165, 1.54) is 24.2 Å². The molecule has 0 aromatic carbocycles. The molecule has 0 radical (unpaired) electrons. The molecule has 1 N–H and O–H groups in total. The van der Waals surface area contributed by atoms with Gasteiger partial charge in [0.25, 0.3) is 5.91 Å². The molecule has 2 aromatic rings. The fourth-order valence-corrected chi connectivity index (χ4v) is 3.12. The number of carbonyl (C=O) groups is 1. The highest BCUT2D eigenvalue weighted by Crippen LogP contribution is 2.23. The zero-order chi connectivity index (χ0) is 14.5. The van der Waals surface area contributed by atoms with Crippen LogP contribution >= 0.6 is 11.3 Å². The lowest BCUT2D eigenvalue weighted by atomic mass is 10.2. The second-order valence-electron chi connectivity index (χ2n) is 5.22. The number of thiophene rings is 1. The van der Waals surface area contributed by atoms with Crippen LogP contribution in [-0.4, -0.2) is 17.0 Å². The molecule has 0 spiro atoms. The Morgan fingerprint density at radius 1 is 1.38 bits per heavy atom. The molecule has 0 bridgehead atoms. The molecule has 1 amide bonds. The van der Waals surface area contributed by atoms with Crippen molar-refractivity contribution in [2.24, 2.45) is 0 Å². The van der Waals surface area contributed by atoms with Crippen LogP contribution in [0.3, 0.4) is 0 Å². The molecule has 1 aliphatic carbocycles. The number of hydrogen-bond acceptors (Lipinski definition) is 4. The average Bonchev–Trinajstić information content (AvgIpc) is 3.18. The first-order valence-electron chi connectivity index (χ1n) is 7.23. The lowest BCUT2D eigenvalue weighted by Crippen LogP contribution is -2.22. The number of amides is 1. The third-order valence-electron chi connectivity index (χ3n) is 3.63. The molecule has 0 unspecified atom stereocenters. The predicted octanol–water partition coefficient (Wildman–Crippen LogP) is 3.39. The minimum Gasteiger partial charge on any atom is -0.474 e. The number of hydrogen-bond donors (Lipinski definition) is 1. The zero-order valence-electron chi connectivity index (χ0n) is 11.7. The number of aromatic nitrogens is 1. The Balaban J connectivity index is 1.56. The van der Waals surface area contributed by atoms with Gasteiger partial charge >= 0.3 is 0 Å². The molecule has 0 saturated heterocycles. The van der Waals surface area contributed by atoms with E-state index in [1.54, 1.807) is 6.20 Å². The summed E-state index contributed by atoms with van der Waals surface area (Å²) in [6, 6.07) is 5.63. The standard InChI is InChI=1S/C16H18N2O2S/c19-16(13-6-8-21-11-13)18-10-12-5-7-17-15(9-12)20-14-3-1-2-4-14/h5-9,11,14H,1-4,10H2,(H,18,19). The Kier molecular flexibility index (Phi) is 4.50. The van der Waals surface area contributed by atoms with Crippen LogP contribution in [0.5, 0.6) is 5.88 Å². The van der Waals surface area contributed by atoms with E-state index in [0.29, 0.717) is 24.1 Å². The molecular weight excluding hydrogens is 284 g/mol. The van der Waals surface area contributed by atoms with Gasteiger partial charge in [0.1, 0.15) is 6.10 Å². The topological polar surface area (TPSA) is 51.2 Å². The molecule has 0 atom stereocenters. The minimum atomic E-state index is -0.0497. The molecule has 5 heteroatoms. The molecule has 1 aliphatic rings.